The van der Waals surface area contributed by atoms with Gasteiger partial charge in [0, 0.05) is 6.07 Å². The number of nitrogens with zero attached hydrogens (tertiary/aromatic N) is 3. The summed E-state index contributed by atoms with van der Waals surface area (Å²) >= 11 is 5.22. The molecule has 0 aliphatic carbocycles. The van der Waals surface area contributed by atoms with Gasteiger partial charge in [0.2, 0.25) is 10.6 Å². The Morgan fingerprint density at radius 1 is 1.30 bits per heavy atom. The Morgan fingerprint density at radius 3 is 2.56 bits per heavy atom. The second-order valence-electron chi connectivity index (χ2n) is 6.17. The minimum Gasteiger partial charge on any atom is -0.461 e. The average molecular weight is 395 g/mol. The summed E-state index contributed by atoms with van der Waals surface area (Å²) in [4.78, 5) is 12.5. The van der Waals surface area contributed by atoms with Crippen molar-refractivity contribution in [1.82, 2.24) is 14.3 Å². The molecule has 142 valence electrons. The average Bonchev–Trinajstić information content (AvgIpc) is 2.88. The molecule has 0 amide bonds. The summed E-state index contributed by atoms with van der Waals surface area (Å²) in [7, 11) is 0. The van der Waals surface area contributed by atoms with Crippen LogP contribution in [0.15, 0.2) is 34.0 Å². The molecule has 0 fully saturated rings. The summed E-state index contributed by atoms with van der Waals surface area (Å²) < 4.78 is 48.2. The molecule has 0 radical (unpaired) electrons. The number of allylic oxidation sites excluding steroid dienone is 1. The number of alkyl halides is 3. The van der Waals surface area contributed by atoms with Crippen molar-refractivity contribution in [3.05, 3.63) is 62.5 Å². The molecule has 0 spiro atoms. The van der Waals surface area contributed by atoms with E-state index in [4.69, 9.17) is 16.6 Å². The lowest BCUT2D eigenvalue weighted by Gasteiger charge is -2.15. The molecule has 0 N–H and O–H groups in total. The quantitative estimate of drug-likeness (QED) is 0.479. The Bertz CT molecular complexity index is 1190. The first-order valence-corrected chi connectivity index (χ1v) is 8.40. The van der Waals surface area contributed by atoms with E-state index in [2.05, 4.69) is 11.7 Å². The van der Waals surface area contributed by atoms with Gasteiger partial charge in [-0.3, -0.25) is 9.36 Å². The highest BCUT2D eigenvalue weighted by atomic mass is 32.1. The van der Waals surface area contributed by atoms with Gasteiger partial charge in [0.1, 0.15) is 11.3 Å². The van der Waals surface area contributed by atoms with Crippen LogP contribution in [0.3, 0.4) is 0 Å². The molecule has 3 rings (SSSR count). The summed E-state index contributed by atoms with van der Waals surface area (Å²) in [5.74, 6) is -0.734. The summed E-state index contributed by atoms with van der Waals surface area (Å²) in [5, 5.41) is 3.84. The van der Waals surface area contributed by atoms with Crippen LogP contribution in [0, 0.1) is 25.5 Å². The van der Waals surface area contributed by atoms with Crippen molar-refractivity contribution in [2.75, 3.05) is 0 Å². The van der Waals surface area contributed by atoms with Crippen molar-refractivity contribution in [1.29, 1.82) is 0 Å². The van der Waals surface area contributed by atoms with Gasteiger partial charge >= 0.3 is 6.18 Å². The zero-order valence-corrected chi connectivity index (χ0v) is 15.7. The SMILES string of the molecule is C=CCn1nc(C(F)(F)F)n(-c2cc(C)c3oc(C)cc(=O)c3c2C)c1=S. The fourth-order valence-electron chi connectivity index (χ4n) is 3.03. The fraction of sp³-hybridized carbons (Fsp3) is 0.278. The van der Waals surface area contributed by atoms with Gasteiger partial charge in [-0.15, -0.1) is 11.7 Å². The van der Waals surface area contributed by atoms with E-state index in [0.717, 1.165) is 9.25 Å². The number of aryl methyl sites for hydroxylation is 3. The van der Waals surface area contributed by atoms with Crippen LogP contribution >= 0.6 is 12.2 Å². The molecule has 3 aromatic rings. The van der Waals surface area contributed by atoms with Crippen LogP contribution in [0.4, 0.5) is 13.2 Å². The molecule has 0 atom stereocenters. The second-order valence-corrected chi connectivity index (χ2v) is 6.54. The normalized spacial score (nSPS) is 11.9. The van der Waals surface area contributed by atoms with Crippen molar-refractivity contribution >= 4 is 23.2 Å². The lowest BCUT2D eigenvalue weighted by atomic mass is 10.0. The van der Waals surface area contributed by atoms with Crippen LogP contribution in [0.5, 0.6) is 0 Å². The summed E-state index contributed by atoms with van der Waals surface area (Å²) in [5.41, 5.74) is 1.03. The third-order valence-electron chi connectivity index (χ3n) is 4.18. The van der Waals surface area contributed by atoms with E-state index in [1.165, 1.54) is 18.2 Å². The van der Waals surface area contributed by atoms with Crippen molar-refractivity contribution in [2.45, 2.75) is 33.5 Å². The Hall–Kier alpha value is -2.68. The van der Waals surface area contributed by atoms with Crippen molar-refractivity contribution in [3.63, 3.8) is 0 Å². The summed E-state index contributed by atoms with van der Waals surface area (Å²) in [6, 6.07) is 2.83. The molecule has 0 saturated carbocycles. The van der Waals surface area contributed by atoms with E-state index in [0.29, 0.717) is 22.5 Å². The van der Waals surface area contributed by atoms with Crippen LogP contribution in [-0.4, -0.2) is 14.3 Å². The van der Waals surface area contributed by atoms with Gasteiger partial charge in [0.25, 0.3) is 0 Å². The molecule has 0 aliphatic rings. The fourth-order valence-corrected chi connectivity index (χ4v) is 3.33. The predicted molar refractivity (Wildman–Crippen MR) is 97.8 cm³/mol. The first kappa shape index (κ1) is 19.1. The van der Waals surface area contributed by atoms with Crippen molar-refractivity contribution in [3.8, 4) is 5.69 Å². The van der Waals surface area contributed by atoms with Gasteiger partial charge in [0.05, 0.1) is 17.6 Å². The minimum absolute atomic E-state index is 0.0296. The van der Waals surface area contributed by atoms with Gasteiger partial charge in [-0.1, -0.05) is 6.08 Å². The van der Waals surface area contributed by atoms with Crippen LogP contribution < -0.4 is 5.43 Å². The number of aromatic nitrogens is 3. The zero-order valence-electron chi connectivity index (χ0n) is 14.8. The first-order valence-electron chi connectivity index (χ1n) is 7.99. The van der Waals surface area contributed by atoms with Gasteiger partial charge < -0.3 is 4.42 Å². The van der Waals surface area contributed by atoms with Gasteiger partial charge in [-0.05, 0) is 50.2 Å². The van der Waals surface area contributed by atoms with E-state index >= 15 is 0 Å². The maximum atomic E-state index is 13.6. The number of rotatable bonds is 3. The second kappa shape index (κ2) is 6.49. The molecule has 2 heterocycles. The lowest BCUT2D eigenvalue weighted by molar-refractivity contribution is -0.146. The van der Waals surface area contributed by atoms with E-state index in [9.17, 15) is 18.0 Å². The molecule has 0 bridgehead atoms. The van der Waals surface area contributed by atoms with E-state index in [-0.39, 0.29) is 27.8 Å². The van der Waals surface area contributed by atoms with Crippen LogP contribution in [0.25, 0.3) is 16.7 Å². The molecule has 0 unspecified atom stereocenters. The Kier molecular flexibility index (Phi) is 4.59. The Balaban J connectivity index is 2.47. The predicted octanol–water partition coefficient (Wildman–Crippen LogP) is 4.64. The molecule has 5 nitrogen and oxygen atoms in total. The van der Waals surface area contributed by atoms with Crippen LogP contribution in [-0.2, 0) is 12.7 Å². The number of hydrogen-bond donors (Lipinski definition) is 0. The summed E-state index contributed by atoms with van der Waals surface area (Å²) in [6.45, 7) is 8.41. The third-order valence-corrected chi connectivity index (χ3v) is 4.57. The molecule has 1 aromatic carbocycles. The van der Waals surface area contributed by atoms with Gasteiger partial charge in [-0.2, -0.15) is 13.2 Å². The summed E-state index contributed by atoms with van der Waals surface area (Å²) in [6.07, 6.45) is -3.32. The number of hydrogen-bond acceptors (Lipinski definition) is 4. The lowest BCUT2D eigenvalue weighted by Crippen LogP contribution is -2.16. The molecular formula is C18H16F3N3O2S. The molecule has 0 aliphatic heterocycles. The van der Waals surface area contributed by atoms with Crippen LogP contribution in [0.1, 0.15) is 22.7 Å². The molecular weight excluding hydrogens is 379 g/mol. The van der Waals surface area contributed by atoms with Gasteiger partial charge in [-0.25, -0.2) is 4.68 Å². The largest absolute Gasteiger partial charge is 0.461 e. The molecule has 9 heteroatoms. The zero-order chi connectivity index (χ0) is 20.1. The molecule has 27 heavy (non-hydrogen) atoms. The molecule has 0 saturated heterocycles. The highest BCUT2D eigenvalue weighted by Crippen LogP contribution is 2.33. The Morgan fingerprint density at radius 2 is 1.96 bits per heavy atom. The minimum atomic E-state index is -4.73. The van der Waals surface area contributed by atoms with Gasteiger partial charge in [0.15, 0.2) is 5.43 Å². The smallest absolute Gasteiger partial charge is 0.452 e. The van der Waals surface area contributed by atoms with E-state index < -0.39 is 12.0 Å². The standard InChI is InChI=1S/C18H16F3N3O2S/c1-5-6-23-17(27)24(16(22-23)18(19,20)21)12-7-9(2)15-14(11(12)4)13(25)8-10(3)26-15/h5,7-8H,1,6H2,2-4H3. The first-order chi connectivity index (χ1) is 12.6. The number of benzene rings is 1. The maximum absolute atomic E-state index is 13.6. The molecule has 2 aromatic heterocycles. The third kappa shape index (κ3) is 3.12. The maximum Gasteiger partial charge on any atom is 0.452 e. The van der Waals surface area contributed by atoms with E-state index in [1.54, 1.807) is 20.8 Å². The highest BCUT2D eigenvalue weighted by molar-refractivity contribution is 7.71. The topological polar surface area (TPSA) is 53.0 Å². The van der Waals surface area contributed by atoms with Crippen LogP contribution in [0.2, 0.25) is 0 Å². The Labute approximate surface area is 157 Å². The van der Waals surface area contributed by atoms with Crippen molar-refractivity contribution in [2.24, 2.45) is 0 Å². The number of halogens is 3. The van der Waals surface area contributed by atoms with E-state index in [1.807, 2.05) is 0 Å². The number of fused-ring (bicyclic) bond motifs is 1. The monoisotopic (exact) mass is 395 g/mol. The van der Waals surface area contributed by atoms with Crippen molar-refractivity contribution < 1.29 is 17.6 Å². The highest BCUT2D eigenvalue weighted by Gasteiger charge is 2.39.